The van der Waals surface area contributed by atoms with Crippen LogP contribution in [0.15, 0.2) is 73.1 Å². The summed E-state index contributed by atoms with van der Waals surface area (Å²) in [5.41, 5.74) is 2.07. The van der Waals surface area contributed by atoms with Gasteiger partial charge in [0.1, 0.15) is 35.1 Å². The highest BCUT2D eigenvalue weighted by Crippen LogP contribution is 2.32. The van der Waals surface area contributed by atoms with Crippen molar-refractivity contribution in [3.05, 3.63) is 124 Å². The van der Waals surface area contributed by atoms with Crippen molar-refractivity contribution in [2.45, 2.75) is 37.3 Å². The third-order valence-corrected chi connectivity index (χ3v) is 8.47. The Balaban J connectivity index is 1.15. The first kappa shape index (κ1) is 32.9. The number of halogens is 5. The molecular weight excluding hydrogens is 654 g/mol. The van der Waals surface area contributed by atoms with Crippen LogP contribution in [0.4, 0.5) is 28.0 Å². The predicted molar refractivity (Wildman–Crippen MR) is 169 cm³/mol. The monoisotopic (exact) mass is 681 g/mol. The Bertz CT molecular complexity index is 1960. The van der Waals surface area contributed by atoms with E-state index < -0.39 is 53.3 Å². The van der Waals surface area contributed by atoms with Gasteiger partial charge in [0, 0.05) is 29.0 Å². The first-order valence-electron chi connectivity index (χ1n) is 14.9. The number of morpholine rings is 1. The first-order valence-corrected chi connectivity index (χ1v) is 15.3. The summed E-state index contributed by atoms with van der Waals surface area (Å²) >= 11 is 6.07. The average Bonchev–Trinajstić information content (AvgIpc) is 3.46. The summed E-state index contributed by atoms with van der Waals surface area (Å²) in [4.78, 5) is 38.2. The van der Waals surface area contributed by atoms with Crippen LogP contribution in [0.1, 0.15) is 47.3 Å². The van der Waals surface area contributed by atoms with Crippen molar-refractivity contribution in [1.29, 1.82) is 0 Å². The number of carbonyl (C=O) groups excluding carboxylic acids is 1. The number of fused-ring (bicyclic) bond motifs is 1. The fourth-order valence-electron chi connectivity index (χ4n) is 5.90. The minimum absolute atomic E-state index is 0.00160. The number of nitrogens with one attached hydrogen (secondary N) is 2. The van der Waals surface area contributed by atoms with Gasteiger partial charge in [0.25, 0.3) is 0 Å². The normalized spacial score (nSPS) is 17.0. The molecule has 14 heteroatoms. The van der Waals surface area contributed by atoms with E-state index in [4.69, 9.17) is 16.3 Å². The summed E-state index contributed by atoms with van der Waals surface area (Å²) in [5.74, 6) is -3.95. The van der Waals surface area contributed by atoms with Crippen LogP contribution in [0.25, 0.3) is 11.0 Å². The molecule has 0 bridgehead atoms. The summed E-state index contributed by atoms with van der Waals surface area (Å²) in [5, 5.41) is 13.1. The molecule has 1 saturated heterocycles. The second kappa shape index (κ2) is 14.0. The van der Waals surface area contributed by atoms with Crippen LogP contribution in [0, 0.1) is 23.3 Å². The molecule has 3 N–H and O–H groups in total. The Morgan fingerprint density at radius 2 is 1.75 bits per heavy atom. The molecule has 6 rings (SSSR count). The fraction of sp³-hybridized carbons (Fsp3) is 0.235. The average molecular weight is 682 g/mol. The van der Waals surface area contributed by atoms with Crippen LogP contribution in [-0.2, 0) is 16.0 Å². The third-order valence-electron chi connectivity index (χ3n) is 8.23. The van der Waals surface area contributed by atoms with Crippen LogP contribution in [-0.4, -0.2) is 56.2 Å². The predicted octanol–water partition coefficient (Wildman–Crippen LogP) is 7.38. The van der Waals surface area contributed by atoms with Crippen molar-refractivity contribution in [3.63, 3.8) is 0 Å². The molecule has 48 heavy (non-hydrogen) atoms. The van der Waals surface area contributed by atoms with Gasteiger partial charge in [-0.05, 0) is 66.4 Å². The van der Waals surface area contributed by atoms with E-state index in [-0.39, 0.29) is 49.2 Å². The maximum Gasteiger partial charge on any atom is 0.408 e. The summed E-state index contributed by atoms with van der Waals surface area (Å²) in [6.45, 7) is -0.0197. The Kier molecular flexibility index (Phi) is 9.60. The van der Waals surface area contributed by atoms with Crippen LogP contribution < -0.4 is 5.32 Å². The van der Waals surface area contributed by atoms with Gasteiger partial charge in [0.05, 0.1) is 48.4 Å². The van der Waals surface area contributed by atoms with E-state index in [2.05, 4.69) is 20.3 Å². The number of amides is 2. The molecular formula is C34H28ClF4N5O4. The van der Waals surface area contributed by atoms with E-state index in [0.717, 1.165) is 18.3 Å². The minimum Gasteiger partial charge on any atom is -0.465 e. The molecule has 3 heterocycles. The lowest BCUT2D eigenvalue weighted by atomic mass is 9.88. The molecule has 3 unspecified atom stereocenters. The van der Waals surface area contributed by atoms with Crippen LogP contribution >= 0.6 is 11.6 Å². The van der Waals surface area contributed by atoms with Crippen molar-refractivity contribution < 1.29 is 37.0 Å². The van der Waals surface area contributed by atoms with Gasteiger partial charge in [-0.2, -0.15) is 0 Å². The quantitative estimate of drug-likeness (QED) is 0.140. The molecule has 3 aromatic carbocycles. The summed E-state index contributed by atoms with van der Waals surface area (Å²) in [6.07, 6.45) is 0.460. The van der Waals surface area contributed by atoms with E-state index >= 15 is 4.39 Å². The van der Waals surface area contributed by atoms with Crippen molar-refractivity contribution >= 4 is 40.3 Å². The maximum atomic E-state index is 15.1. The zero-order chi connectivity index (χ0) is 33.9. The number of aromatic nitrogens is 3. The molecule has 0 spiro atoms. The van der Waals surface area contributed by atoms with Gasteiger partial charge in [-0.15, -0.1) is 0 Å². The number of carboxylic acid groups (broad SMARTS) is 1. The van der Waals surface area contributed by atoms with Crippen LogP contribution in [0.2, 0.25) is 5.02 Å². The second-order valence-electron chi connectivity index (χ2n) is 11.4. The van der Waals surface area contributed by atoms with Gasteiger partial charge < -0.3 is 20.1 Å². The molecule has 9 nitrogen and oxygen atoms in total. The lowest BCUT2D eigenvalue weighted by Gasteiger charge is -2.37. The number of ether oxygens (including phenoxy) is 1. The highest BCUT2D eigenvalue weighted by atomic mass is 35.5. The topological polar surface area (TPSA) is 120 Å². The molecule has 1 fully saturated rings. The van der Waals surface area contributed by atoms with Crippen molar-refractivity contribution in [2.24, 2.45) is 0 Å². The number of nitrogens with zero attached hydrogens (tertiary/aromatic N) is 3. The number of imidazole rings is 1. The Hall–Kier alpha value is -5.01. The molecule has 0 saturated carbocycles. The van der Waals surface area contributed by atoms with Gasteiger partial charge in [-0.1, -0.05) is 23.7 Å². The number of hydrogen-bond acceptors (Lipinski definition) is 5. The van der Waals surface area contributed by atoms with E-state index in [1.165, 1.54) is 35.4 Å². The van der Waals surface area contributed by atoms with E-state index in [9.17, 15) is 27.9 Å². The number of rotatable bonds is 9. The fourth-order valence-corrected chi connectivity index (χ4v) is 6.08. The van der Waals surface area contributed by atoms with Gasteiger partial charge >= 0.3 is 6.09 Å². The number of carbonyl (C=O) groups is 2. The second-order valence-corrected chi connectivity index (χ2v) is 11.9. The Labute approximate surface area is 276 Å². The molecule has 0 radical (unpaired) electrons. The Morgan fingerprint density at radius 3 is 2.48 bits per heavy atom. The van der Waals surface area contributed by atoms with E-state index in [1.807, 2.05) is 0 Å². The van der Waals surface area contributed by atoms with Gasteiger partial charge in [-0.25, -0.2) is 27.3 Å². The van der Waals surface area contributed by atoms with Crippen molar-refractivity contribution in [3.8, 4) is 0 Å². The Morgan fingerprint density at radius 1 is 1.00 bits per heavy atom. The lowest BCUT2D eigenvalue weighted by Crippen LogP contribution is -2.47. The first-order chi connectivity index (χ1) is 23.0. The molecule has 2 amide bonds. The highest BCUT2D eigenvalue weighted by molar-refractivity contribution is 6.31. The third kappa shape index (κ3) is 7.42. The smallest absolute Gasteiger partial charge is 0.408 e. The largest absolute Gasteiger partial charge is 0.465 e. The zero-order valence-corrected chi connectivity index (χ0v) is 25.9. The number of H-pyrrole nitrogens is 1. The molecule has 1 aliphatic rings. The molecule has 0 aliphatic carbocycles. The molecule has 3 atom stereocenters. The number of anilines is 1. The van der Waals surface area contributed by atoms with Crippen molar-refractivity contribution in [1.82, 2.24) is 19.9 Å². The van der Waals surface area contributed by atoms with Gasteiger partial charge in [0.15, 0.2) is 0 Å². The standard InChI is InChI=1S/C34H28ClF4N5O4/c35-20-3-8-28-29(11-20)43-33(42-28)31-17-48-24(16-44(31)34(46)47)6-7-25-27(39)14-40-15-30(25)41-32(45)13-26(18-1-4-21(36)5-2-18)19-9-22(37)12-23(38)10-19/h1-5,8-12,14-15,24,26,31H,6-7,13,16-17H2,(H,41,45)(H,42,43)(H,46,47). The van der Waals surface area contributed by atoms with Gasteiger partial charge in [0.2, 0.25) is 5.91 Å². The van der Waals surface area contributed by atoms with Crippen molar-refractivity contribution in [2.75, 3.05) is 18.5 Å². The SMILES string of the molecule is O=C(CC(c1ccc(F)cc1)c1cc(F)cc(F)c1)Nc1cncc(F)c1CCC1CN(C(=O)O)C(c2nc3ccc(Cl)cc3[nH]2)CO1. The summed E-state index contributed by atoms with van der Waals surface area (Å²) in [6, 6.07) is 12.5. The van der Waals surface area contributed by atoms with E-state index in [1.54, 1.807) is 18.2 Å². The van der Waals surface area contributed by atoms with Crippen LogP contribution in [0.5, 0.6) is 0 Å². The number of hydrogen-bond donors (Lipinski definition) is 3. The molecule has 248 valence electrons. The van der Waals surface area contributed by atoms with Gasteiger partial charge in [-0.3, -0.25) is 14.7 Å². The molecule has 5 aromatic rings. The lowest BCUT2D eigenvalue weighted by molar-refractivity contribution is -0.116. The number of aromatic amines is 1. The summed E-state index contributed by atoms with van der Waals surface area (Å²) in [7, 11) is 0. The highest BCUT2D eigenvalue weighted by Gasteiger charge is 2.35. The minimum atomic E-state index is -1.18. The summed E-state index contributed by atoms with van der Waals surface area (Å²) < 4.78 is 63.0. The maximum absolute atomic E-state index is 15.1. The molecule has 2 aromatic heterocycles. The zero-order valence-electron chi connectivity index (χ0n) is 25.1. The number of pyridine rings is 1. The number of benzene rings is 3. The van der Waals surface area contributed by atoms with E-state index in [0.29, 0.717) is 33.5 Å². The molecule has 1 aliphatic heterocycles. The van der Waals surface area contributed by atoms with Crippen LogP contribution in [0.3, 0.4) is 0 Å².